The summed E-state index contributed by atoms with van der Waals surface area (Å²) in [5.74, 6) is -0.266. The molecule has 1 spiro atoms. The molecule has 2 aliphatic heterocycles. The van der Waals surface area contributed by atoms with Crippen LogP contribution in [0, 0.1) is 0 Å². The molecule has 2 fully saturated rings. The molecule has 0 atom stereocenters. The standard InChI is InChI=1S/C29H30N4O3/c1-30-26(34)20-32-21-33(25-10-6-3-7-11-25)29(28(32)36)16-18-31(19-17-29)27(35)24-14-12-23(13-15-24)22-8-4-2-5-9-22/h2-15H,16-21H2,1H3,(H,30,34). The van der Waals surface area contributed by atoms with Gasteiger partial charge in [-0.15, -0.1) is 0 Å². The van der Waals surface area contributed by atoms with Gasteiger partial charge < -0.3 is 20.0 Å². The van der Waals surface area contributed by atoms with Crippen molar-refractivity contribution in [1.82, 2.24) is 15.1 Å². The van der Waals surface area contributed by atoms with Gasteiger partial charge in [0.05, 0.1) is 6.67 Å². The fourth-order valence-electron chi connectivity index (χ4n) is 5.27. The molecule has 3 aromatic rings. The molecule has 0 saturated carbocycles. The van der Waals surface area contributed by atoms with E-state index in [0.29, 0.717) is 38.2 Å². The molecule has 5 rings (SSSR count). The number of piperidine rings is 1. The quantitative estimate of drug-likeness (QED) is 0.605. The first kappa shape index (κ1) is 23.6. The van der Waals surface area contributed by atoms with Crippen LogP contribution in [0.3, 0.4) is 0 Å². The zero-order valence-corrected chi connectivity index (χ0v) is 20.4. The second-order valence-corrected chi connectivity index (χ2v) is 9.35. The van der Waals surface area contributed by atoms with E-state index in [1.54, 1.807) is 11.9 Å². The zero-order valence-electron chi connectivity index (χ0n) is 20.4. The molecular formula is C29H30N4O3. The van der Waals surface area contributed by atoms with Crippen LogP contribution in [-0.4, -0.2) is 66.4 Å². The Balaban J connectivity index is 1.33. The second-order valence-electron chi connectivity index (χ2n) is 9.35. The van der Waals surface area contributed by atoms with E-state index < -0.39 is 5.54 Å². The highest BCUT2D eigenvalue weighted by molar-refractivity contribution is 5.98. The van der Waals surface area contributed by atoms with Gasteiger partial charge in [0.15, 0.2) is 0 Å². The lowest BCUT2D eigenvalue weighted by Crippen LogP contribution is -2.57. The summed E-state index contributed by atoms with van der Waals surface area (Å²) in [7, 11) is 1.57. The average molecular weight is 483 g/mol. The fraction of sp³-hybridized carbons (Fsp3) is 0.276. The van der Waals surface area contributed by atoms with Crippen LogP contribution in [0.1, 0.15) is 23.2 Å². The summed E-state index contributed by atoms with van der Waals surface area (Å²) >= 11 is 0. The fourth-order valence-corrected chi connectivity index (χ4v) is 5.27. The number of anilines is 1. The number of carbonyl (C=O) groups is 3. The van der Waals surface area contributed by atoms with Crippen LogP contribution in [0.25, 0.3) is 11.1 Å². The van der Waals surface area contributed by atoms with Gasteiger partial charge in [0.2, 0.25) is 5.91 Å². The highest BCUT2D eigenvalue weighted by atomic mass is 16.2. The van der Waals surface area contributed by atoms with Gasteiger partial charge in [0.25, 0.3) is 11.8 Å². The topological polar surface area (TPSA) is 73.0 Å². The third-order valence-corrected chi connectivity index (χ3v) is 7.31. The van der Waals surface area contributed by atoms with Crippen LogP contribution >= 0.6 is 0 Å². The number of hydrogen-bond donors (Lipinski definition) is 1. The molecule has 0 aromatic heterocycles. The maximum atomic E-state index is 13.6. The Labute approximate surface area is 211 Å². The Hall–Kier alpha value is -4.13. The largest absolute Gasteiger partial charge is 0.358 e. The van der Waals surface area contributed by atoms with Gasteiger partial charge >= 0.3 is 0 Å². The molecule has 36 heavy (non-hydrogen) atoms. The molecule has 2 saturated heterocycles. The predicted molar refractivity (Wildman–Crippen MR) is 139 cm³/mol. The molecule has 0 radical (unpaired) electrons. The van der Waals surface area contributed by atoms with E-state index in [1.165, 1.54) is 0 Å². The lowest BCUT2D eigenvalue weighted by atomic mass is 9.85. The summed E-state index contributed by atoms with van der Waals surface area (Å²) in [5, 5.41) is 2.61. The first-order valence-corrected chi connectivity index (χ1v) is 12.3. The number of amides is 3. The zero-order chi connectivity index (χ0) is 25.1. The van der Waals surface area contributed by atoms with E-state index in [1.807, 2.05) is 89.8 Å². The molecular weight excluding hydrogens is 452 g/mol. The molecule has 0 unspecified atom stereocenters. The van der Waals surface area contributed by atoms with E-state index in [-0.39, 0.29) is 24.3 Å². The maximum Gasteiger partial charge on any atom is 0.253 e. The number of nitrogens with zero attached hydrogens (tertiary/aromatic N) is 3. The van der Waals surface area contributed by atoms with Crippen molar-refractivity contribution in [3.8, 4) is 11.1 Å². The normalized spacial score (nSPS) is 16.9. The number of nitrogens with one attached hydrogen (secondary N) is 1. The third kappa shape index (κ3) is 4.33. The van der Waals surface area contributed by atoms with Crippen LogP contribution in [0.5, 0.6) is 0 Å². The van der Waals surface area contributed by atoms with Crippen molar-refractivity contribution < 1.29 is 14.4 Å². The summed E-state index contributed by atoms with van der Waals surface area (Å²) < 4.78 is 0. The van der Waals surface area contributed by atoms with E-state index in [2.05, 4.69) is 10.2 Å². The van der Waals surface area contributed by atoms with Crippen LogP contribution in [0.2, 0.25) is 0 Å². The van der Waals surface area contributed by atoms with E-state index in [4.69, 9.17) is 0 Å². The number of benzene rings is 3. The summed E-state index contributed by atoms with van der Waals surface area (Å²) in [6.07, 6.45) is 1.03. The Kier molecular flexibility index (Phi) is 6.46. The Bertz CT molecular complexity index is 1240. The van der Waals surface area contributed by atoms with Crippen LogP contribution < -0.4 is 10.2 Å². The molecule has 3 amide bonds. The second kappa shape index (κ2) is 9.85. The number of carbonyl (C=O) groups excluding carboxylic acids is 3. The van der Waals surface area contributed by atoms with Gasteiger partial charge in [-0.05, 0) is 48.2 Å². The first-order chi connectivity index (χ1) is 17.5. The van der Waals surface area contributed by atoms with Crippen molar-refractivity contribution in [2.75, 3.05) is 38.3 Å². The minimum atomic E-state index is -0.761. The Morgan fingerprint density at radius 1 is 0.833 bits per heavy atom. The molecule has 0 aliphatic carbocycles. The summed E-state index contributed by atoms with van der Waals surface area (Å²) in [5.41, 5.74) is 3.00. The van der Waals surface area contributed by atoms with Gasteiger partial charge in [0, 0.05) is 31.4 Å². The summed E-state index contributed by atoms with van der Waals surface area (Å²) in [6.45, 7) is 1.33. The Morgan fingerprint density at radius 3 is 2.03 bits per heavy atom. The smallest absolute Gasteiger partial charge is 0.253 e. The minimum Gasteiger partial charge on any atom is -0.358 e. The highest BCUT2D eigenvalue weighted by Gasteiger charge is 2.54. The average Bonchev–Trinajstić information content (AvgIpc) is 3.20. The van der Waals surface area contributed by atoms with Gasteiger partial charge in [-0.3, -0.25) is 14.4 Å². The minimum absolute atomic E-state index is 0.0246. The van der Waals surface area contributed by atoms with Crippen molar-refractivity contribution in [3.63, 3.8) is 0 Å². The first-order valence-electron chi connectivity index (χ1n) is 12.3. The summed E-state index contributed by atoms with van der Waals surface area (Å²) in [6, 6.07) is 27.6. The number of para-hydroxylation sites is 1. The monoisotopic (exact) mass is 482 g/mol. The van der Waals surface area contributed by atoms with E-state index in [0.717, 1.165) is 16.8 Å². The van der Waals surface area contributed by atoms with E-state index in [9.17, 15) is 14.4 Å². The predicted octanol–water partition coefficient (Wildman–Crippen LogP) is 3.38. The third-order valence-electron chi connectivity index (χ3n) is 7.31. The van der Waals surface area contributed by atoms with Crippen molar-refractivity contribution in [2.24, 2.45) is 0 Å². The molecule has 3 aromatic carbocycles. The number of likely N-dealkylation sites (N-methyl/N-ethyl adjacent to an activating group) is 1. The maximum absolute atomic E-state index is 13.6. The van der Waals surface area contributed by atoms with Crippen LogP contribution in [0.15, 0.2) is 84.9 Å². The van der Waals surface area contributed by atoms with Crippen molar-refractivity contribution in [2.45, 2.75) is 18.4 Å². The summed E-state index contributed by atoms with van der Waals surface area (Å²) in [4.78, 5) is 44.6. The molecule has 2 heterocycles. The molecule has 184 valence electrons. The van der Waals surface area contributed by atoms with Crippen LogP contribution in [-0.2, 0) is 9.59 Å². The van der Waals surface area contributed by atoms with Gasteiger partial charge in [0.1, 0.15) is 12.1 Å². The molecule has 7 heteroatoms. The lowest BCUT2D eigenvalue weighted by molar-refractivity contribution is -0.137. The molecule has 2 aliphatic rings. The van der Waals surface area contributed by atoms with Crippen LogP contribution in [0.4, 0.5) is 5.69 Å². The molecule has 7 nitrogen and oxygen atoms in total. The van der Waals surface area contributed by atoms with Gasteiger partial charge in [-0.1, -0.05) is 60.7 Å². The Morgan fingerprint density at radius 2 is 1.42 bits per heavy atom. The van der Waals surface area contributed by atoms with Gasteiger partial charge in [-0.2, -0.15) is 0 Å². The molecule has 1 N–H and O–H groups in total. The van der Waals surface area contributed by atoms with E-state index >= 15 is 0 Å². The lowest BCUT2D eigenvalue weighted by Gasteiger charge is -2.43. The van der Waals surface area contributed by atoms with Crippen molar-refractivity contribution in [1.29, 1.82) is 0 Å². The van der Waals surface area contributed by atoms with Gasteiger partial charge in [-0.25, -0.2) is 0 Å². The van der Waals surface area contributed by atoms with Crippen molar-refractivity contribution in [3.05, 3.63) is 90.5 Å². The molecule has 0 bridgehead atoms. The number of rotatable bonds is 5. The van der Waals surface area contributed by atoms with Crippen molar-refractivity contribution >= 4 is 23.4 Å². The highest BCUT2D eigenvalue weighted by Crippen LogP contribution is 2.39. The SMILES string of the molecule is CNC(=O)CN1CN(c2ccccc2)C2(CCN(C(=O)c3ccc(-c4ccccc4)cc3)CC2)C1=O. The number of hydrogen-bond acceptors (Lipinski definition) is 4. The number of likely N-dealkylation sites (tertiary alicyclic amines) is 1.